The van der Waals surface area contributed by atoms with E-state index in [1.165, 1.54) is 51.4 Å². The molecule has 38 heavy (non-hydrogen) atoms. The monoisotopic (exact) mass is 560 g/mol. The maximum Gasteiger partial charge on any atom is 0.242 e. The number of amides is 2. The molecule has 0 aromatic carbocycles. The van der Waals surface area contributed by atoms with Crippen LogP contribution in [0.15, 0.2) is 9.98 Å². The second-order valence-corrected chi connectivity index (χ2v) is 16.7. The van der Waals surface area contributed by atoms with E-state index in [1.807, 2.05) is 13.8 Å². The molecule has 4 bridgehead atoms. The van der Waals surface area contributed by atoms with Gasteiger partial charge in [0.1, 0.15) is 9.49 Å². The number of rotatable bonds is 6. The summed E-state index contributed by atoms with van der Waals surface area (Å²) >= 11 is 3.24. The molecule has 8 atom stereocenters. The molecule has 2 aliphatic heterocycles. The standard InChI is InChI=1S/2C15H24N2OS/c2*1-9(2)15(3)13(18)17-14(19-15)16-8-12-7-10-4-5-11(12)6-10/h2*9-12H,4-8H2,1-3H3,(H,16,17,18)/t10-,11+,12-,15+;10-,11+,12-,15-/m11/s1. The first kappa shape index (κ1) is 28.5. The van der Waals surface area contributed by atoms with Gasteiger partial charge in [0, 0.05) is 13.1 Å². The molecule has 8 heteroatoms. The summed E-state index contributed by atoms with van der Waals surface area (Å²) in [6.45, 7) is 14.3. The molecule has 0 aromatic heterocycles. The Kier molecular flexibility index (Phi) is 8.33. The van der Waals surface area contributed by atoms with Crippen LogP contribution in [0.25, 0.3) is 0 Å². The maximum atomic E-state index is 12.1. The Bertz CT molecular complexity index is 919. The van der Waals surface area contributed by atoms with Crippen LogP contribution in [0.1, 0.15) is 92.9 Å². The summed E-state index contributed by atoms with van der Waals surface area (Å²) in [4.78, 5) is 33.5. The lowest BCUT2D eigenvalue weighted by molar-refractivity contribution is -0.122. The zero-order valence-electron chi connectivity index (χ0n) is 24.2. The number of nitrogens with one attached hydrogen (secondary N) is 2. The highest BCUT2D eigenvalue weighted by Crippen LogP contribution is 2.49. The molecule has 0 spiro atoms. The van der Waals surface area contributed by atoms with Crippen molar-refractivity contribution in [2.75, 3.05) is 13.1 Å². The number of hydrogen-bond acceptors (Lipinski definition) is 6. The van der Waals surface area contributed by atoms with Crippen molar-refractivity contribution in [2.45, 2.75) is 102 Å². The van der Waals surface area contributed by atoms with Gasteiger partial charge in [-0.05, 0) is 99.7 Å². The highest BCUT2D eigenvalue weighted by molar-refractivity contribution is 8.16. The Morgan fingerprint density at radius 1 is 0.711 bits per heavy atom. The summed E-state index contributed by atoms with van der Waals surface area (Å²) in [7, 11) is 0. The minimum atomic E-state index is -0.340. The maximum absolute atomic E-state index is 12.1. The van der Waals surface area contributed by atoms with Crippen molar-refractivity contribution in [2.24, 2.45) is 57.3 Å². The van der Waals surface area contributed by atoms with Crippen molar-refractivity contribution >= 4 is 45.7 Å². The third-order valence-electron chi connectivity index (χ3n) is 10.9. The molecular weight excluding hydrogens is 512 g/mol. The molecule has 6 rings (SSSR count). The lowest BCUT2D eigenvalue weighted by atomic mass is 9.89. The predicted molar refractivity (Wildman–Crippen MR) is 160 cm³/mol. The average molecular weight is 561 g/mol. The number of thioether (sulfide) groups is 2. The van der Waals surface area contributed by atoms with E-state index in [0.29, 0.717) is 11.8 Å². The Morgan fingerprint density at radius 2 is 1.11 bits per heavy atom. The van der Waals surface area contributed by atoms with Crippen LogP contribution in [-0.2, 0) is 9.59 Å². The van der Waals surface area contributed by atoms with Crippen LogP contribution in [-0.4, -0.2) is 44.7 Å². The summed E-state index contributed by atoms with van der Waals surface area (Å²) in [6.07, 6.45) is 11.3. The van der Waals surface area contributed by atoms with E-state index in [-0.39, 0.29) is 21.3 Å². The minimum Gasteiger partial charge on any atom is -0.304 e. The molecule has 2 heterocycles. The second kappa shape index (κ2) is 11.1. The SMILES string of the molecule is CC(C)[C@@]1(C)SC(=NC[C@H]2C[C@@H]3CC[C@H]2C3)NC1=O.CC(C)[C@]1(C)SC(=NC[C@H]2C[C@@H]3CC[C@H]2C3)NC1=O. The van der Waals surface area contributed by atoms with Gasteiger partial charge in [-0.3, -0.25) is 19.6 Å². The highest BCUT2D eigenvalue weighted by atomic mass is 32.2. The van der Waals surface area contributed by atoms with E-state index in [9.17, 15) is 9.59 Å². The Balaban J connectivity index is 0.000000155. The van der Waals surface area contributed by atoms with Gasteiger partial charge in [0.25, 0.3) is 0 Å². The van der Waals surface area contributed by atoms with E-state index in [4.69, 9.17) is 9.98 Å². The van der Waals surface area contributed by atoms with Crippen molar-refractivity contribution in [1.29, 1.82) is 0 Å². The summed E-state index contributed by atoms with van der Waals surface area (Å²) in [5.74, 6) is 6.22. The molecule has 6 fully saturated rings. The topological polar surface area (TPSA) is 82.9 Å². The Morgan fingerprint density at radius 3 is 1.37 bits per heavy atom. The number of aliphatic imine (C=N–C) groups is 2. The second-order valence-electron chi connectivity index (χ2n) is 13.8. The first-order chi connectivity index (χ1) is 18.0. The molecule has 0 radical (unpaired) electrons. The van der Waals surface area contributed by atoms with Gasteiger partial charge in [-0.15, -0.1) is 0 Å². The number of carbonyl (C=O) groups excluding carboxylic acids is 2. The van der Waals surface area contributed by atoms with Gasteiger partial charge in [-0.2, -0.15) is 0 Å². The molecule has 0 unspecified atom stereocenters. The fourth-order valence-electron chi connectivity index (χ4n) is 7.49. The average Bonchev–Trinajstić information content (AvgIpc) is 3.71. The molecule has 6 aliphatic rings. The van der Waals surface area contributed by atoms with E-state index < -0.39 is 0 Å². The molecule has 2 N–H and O–H groups in total. The molecule has 6 nitrogen and oxygen atoms in total. The predicted octanol–water partition coefficient (Wildman–Crippen LogP) is 6.11. The Labute approximate surface area is 238 Å². The van der Waals surface area contributed by atoms with Crippen LogP contribution in [0.3, 0.4) is 0 Å². The molecule has 2 saturated heterocycles. The fraction of sp³-hybridized carbons (Fsp3) is 0.867. The molecule has 0 aromatic rings. The molecular formula is C30H48N4O2S2. The normalized spacial score (nSPS) is 43.5. The highest BCUT2D eigenvalue weighted by Gasteiger charge is 2.46. The van der Waals surface area contributed by atoms with Crippen LogP contribution in [0.4, 0.5) is 0 Å². The lowest BCUT2D eigenvalue weighted by Crippen LogP contribution is -2.38. The van der Waals surface area contributed by atoms with Crippen LogP contribution in [0.5, 0.6) is 0 Å². The number of fused-ring (bicyclic) bond motifs is 4. The van der Waals surface area contributed by atoms with Gasteiger partial charge < -0.3 is 10.6 Å². The number of nitrogens with zero attached hydrogens (tertiary/aromatic N) is 2. The van der Waals surface area contributed by atoms with E-state index >= 15 is 0 Å². The summed E-state index contributed by atoms with van der Waals surface area (Å²) < 4.78 is -0.680. The van der Waals surface area contributed by atoms with Gasteiger partial charge in [0.2, 0.25) is 11.8 Å². The molecule has 4 aliphatic carbocycles. The number of amidine groups is 2. The number of hydrogen-bond donors (Lipinski definition) is 2. The third kappa shape index (κ3) is 5.59. The first-order valence-electron chi connectivity index (χ1n) is 15.1. The van der Waals surface area contributed by atoms with Gasteiger partial charge >= 0.3 is 0 Å². The van der Waals surface area contributed by atoms with Crippen molar-refractivity contribution in [3.05, 3.63) is 0 Å². The zero-order valence-corrected chi connectivity index (χ0v) is 25.9. The zero-order chi connectivity index (χ0) is 27.2. The van der Waals surface area contributed by atoms with Crippen molar-refractivity contribution in [1.82, 2.24) is 10.6 Å². The van der Waals surface area contributed by atoms with Gasteiger partial charge in [-0.25, -0.2) is 0 Å². The summed E-state index contributed by atoms with van der Waals surface area (Å²) in [6, 6.07) is 0. The third-order valence-corrected chi connectivity index (χ3v) is 13.9. The lowest BCUT2D eigenvalue weighted by Gasteiger charge is -2.23. The minimum absolute atomic E-state index is 0.124. The molecule has 212 valence electrons. The summed E-state index contributed by atoms with van der Waals surface area (Å²) in [5.41, 5.74) is 0. The van der Waals surface area contributed by atoms with Gasteiger partial charge in [0.15, 0.2) is 10.3 Å². The van der Waals surface area contributed by atoms with Crippen molar-refractivity contribution in [3.8, 4) is 0 Å². The van der Waals surface area contributed by atoms with Crippen LogP contribution >= 0.6 is 23.5 Å². The quantitative estimate of drug-likeness (QED) is 0.410. The van der Waals surface area contributed by atoms with Crippen molar-refractivity contribution in [3.63, 3.8) is 0 Å². The van der Waals surface area contributed by atoms with Crippen LogP contribution in [0.2, 0.25) is 0 Å². The van der Waals surface area contributed by atoms with Crippen LogP contribution < -0.4 is 10.6 Å². The van der Waals surface area contributed by atoms with Crippen molar-refractivity contribution < 1.29 is 9.59 Å². The smallest absolute Gasteiger partial charge is 0.242 e. The Hall–Kier alpha value is -1.02. The van der Waals surface area contributed by atoms with E-state index in [0.717, 1.165) is 58.9 Å². The molecule has 2 amide bonds. The largest absolute Gasteiger partial charge is 0.304 e. The molecule has 4 saturated carbocycles. The first-order valence-corrected chi connectivity index (χ1v) is 16.7. The van der Waals surface area contributed by atoms with Gasteiger partial charge in [0.05, 0.1) is 0 Å². The van der Waals surface area contributed by atoms with E-state index in [2.05, 4.69) is 38.3 Å². The van der Waals surface area contributed by atoms with E-state index in [1.54, 1.807) is 23.5 Å². The fourth-order valence-corrected chi connectivity index (χ4v) is 9.62. The van der Waals surface area contributed by atoms with Gasteiger partial charge in [-0.1, -0.05) is 64.1 Å². The number of carbonyl (C=O) groups is 2. The summed E-state index contributed by atoms with van der Waals surface area (Å²) in [5, 5.41) is 7.64. The van der Waals surface area contributed by atoms with Crippen LogP contribution in [0, 0.1) is 47.3 Å².